The molecule has 0 aliphatic heterocycles. The van der Waals surface area contributed by atoms with E-state index < -0.39 is 17.9 Å². The summed E-state index contributed by atoms with van der Waals surface area (Å²) in [6.07, 6.45) is -0.790. The second-order valence-corrected chi connectivity index (χ2v) is 5.33. The molecule has 1 aromatic heterocycles. The number of carbonyl (C=O) groups excluding carboxylic acids is 2. The molecule has 8 heteroatoms. The third-order valence-corrected chi connectivity index (χ3v) is 3.88. The summed E-state index contributed by atoms with van der Waals surface area (Å²) in [5.74, 6) is -1.11. The lowest BCUT2D eigenvalue weighted by Gasteiger charge is -2.15. The zero-order valence-corrected chi connectivity index (χ0v) is 12.9. The summed E-state index contributed by atoms with van der Waals surface area (Å²) < 4.78 is 5.24. The number of nitrogens with two attached hydrogens (primary N) is 1. The number of ether oxygens (including phenoxy) is 1. The van der Waals surface area contributed by atoms with Gasteiger partial charge < -0.3 is 21.1 Å². The lowest BCUT2D eigenvalue weighted by Crippen LogP contribution is -2.24. The van der Waals surface area contributed by atoms with Gasteiger partial charge in [0.15, 0.2) is 16.9 Å². The number of primary amides is 1. The van der Waals surface area contributed by atoms with Crippen LogP contribution < -0.4 is 16.4 Å². The predicted molar refractivity (Wildman–Crippen MR) is 85.0 cm³/mol. The normalized spacial score (nSPS) is 11.7. The average molecular weight is 320 g/mol. The van der Waals surface area contributed by atoms with Gasteiger partial charge in [0.1, 0.15) is 5.00 Å². The number of thiazole rings is 1. The summed E-state index contributed by atoms with van der Waals surface area (Å²) >= 11 is 1.13. The van der Waals surface area contributed by atoms with E-state index in [1.54, 1.807) is 19.2 Å². The highest BCUT2D eigenvalue weighted by atomic mass is 32.1. The third kappa shape index (κ3) is 3.41. The molecular weight excluding hydrogens is 304 g/mol. The minimum Gasteiger partial charge on any atom is -0.367 e. The van der Waals surface area contributed by atoms with E-state index in [0.717, 1.165) is 11.3 Å². The Labute approximate surface area is 131 Å². The van der Waals surface area contributed by atoms with Gasteiger partial charge in [0.25, 0.3) is 11.8 Å². The number of hydrogen-bond donors (Lipinski definition) is 3. The standard InChI is InChI=1S/C14H16N4O3S/c1-16-14-17-9(11(15)19)13(22-14)18-12(20)10(21-2)8-6-4-3-5-7-8/h3-7,10H,1-2H3,(H2,15,19)(H,16,17)(H,18,20)/t10-/m0/s1. The van der Waals surface area contributed by atoms with E-state index in [4.69, 9.17) is 10.5 Å². The van der Waals surface area contributed by atoms with Gasteiger partial charge in [-0.05, 0) is 5.56 Å². The highest BCUT2D eigenvalue weighted by Gasteiger charge is 2.24. The molecule has 7 nitrogen and oxygen atoms in total. The Morgan fingerprint density at radius 1 is 1.32 bits per heavy atom. The van der Waals surface area contributed by atoms with Crippen molar-refractivity contribution >= 4 is 33.3 Å². The quantitative estimate of drug-likeness (QED) is 0.749. The first kappa shape index (κ1) is 15.9. The zero-order valence-electron chi connectivity index (χ0n) is 12.1. The van der Waals surface area contributed by atoms with Crippen molar-refractivity contribution in [3.8, 4) is 0 Å². The molecule has 116 valence electrons. The summed E-state index contributed by atoms with van der Waals surface area (Å²) in [5.41, 5.74) is 6.00. The minimum absolute atomic E-state index is 0.0191. The third-order valence-electron chi connectivity index (χ3n) is 2.89. The fraction of sp³-hybridized carbons (Fsp3) is 0.214. The molecule has 0 saturated heterocycles. The molecule has 0 saturated carbocycles. The van der Waals surface area contributed by atoms with Gasteiger partial charge >= 0.3 is 0 Å². The van der Waals surface area contributed by atoms with Crippen molar-refractivity contribution in [1.82, 2.24) is 4.98 Å². The van der Waals surface area contributed by atoms with E-state index >= 15 is 0 Å². The molecule has 0 aliphatic rings. The van der Waals surface area contributed by atoms with Crippen molar-refractivity contribution in [3.05, 3.63) is 41.6 Å². The Bertz CT molecular complexity index is 672. The van der Waals surface area contributed by atoms with Gasteiger partial charge in [0, 0.05) is 14.2 Å². The van der Waals surface area contributed by atoms with Crippen LogP contribution >= 0.6 is 11.3 Å². The van der Waals surface area contributed by atoms with E-state index in [0.29, 0.717) is 15.7 Å². The predicted octanol–water partition coefficient (Wildman–Crippen LogP) is 1.61. The lowest BCUT2D eigenvalue weighted by molar-refractivity contribution is -0.126. The molecule has 2 aromatic rings. The molecule has 0 unspecified atom stereocenters. The summed E-state index contributed by atoms with van der Waals surface area (Å²) in [4.78, 5) is 27.8. The van der Waals surface area contributed by atoms with Gasteiger partial charge in [-0.1, -0.05) is 41.7 Å². The smallest absolute Gasteiger partial charge is 0.270 e. The summed E-state index contributed by atoms with van der Waals surface area (Å²) in [6.45, 7) is 0. The van der Waals surface area contributed by atoms with Gasteiger partial charge in [-0.25, -0.2) is 4.98 Å². The molecule has 0 spiro atoms. The summed E-state index contributed by atoms with van der Waals surface area (Å²) in [6, 6.07) is 9.05. The molecule has 0 aliphatic carbocycles. The monoisotopic (exact) mass is 320 g/mol. The van der Waals surface area contributed by atoms with Gasteiger partial charge in [-0.15, -0.1) is 0 Å². The first-order valence-corrected chi connectivity index (χ1v) is 7.25. The number of hydrogen-bond acceptors (Lipinski definition) is 6. The van der Waals surface area contributed by atoms with E-state index in [9.17, 15) is 9.59 Å². The molecule has 1 aromatic carbocycles. The zero-order chi connectivity index (χ0) is 16.1. The van der Waals surface area contributed by atoms with E-state index in [2.05, 4.69) is 15.6 Å². The molecule has 22 heavy (non-hydrogen) atoms. The van der Waals surface area contributed by atoms with Crippen LogP contribution in [0.3, 0.4) is 0 Å². The van der Waals surface area contributed by atoms with E-state index in [1.165, 1.54) is 7.11 Å². The molecule has 2 rings (SSSR count). The SMILES string of the molecule is CNc1nc(C(N)=O)c(NC(=O)[C@@H](OC)c2ccccc2)s1. The number of anilines is 2. The van der Waals surface area contributed by atoms with E-state index in [-0.39, 0.29) is 5.69 Å². The van der Waals surface area contributed by atoms with Crippen molar-refractivity contribution in [1.29, 1.82) is 0 Å². The molecule has 0 radical (unpaired) electrons. The highest BCUT2D eigenvalue weighted by molar-refractivity contribution is 7.20. The fourth-order valence-electron chi connectivity index (χ4n) is 1.88. The van der Waals surface area contributed by atoms with Crippen LogP contribution in [0.5, 0.6) is 0 Å². The molecule has 0 bridgehead atoms. The molecule has 0 fully saturated rings. The van der Waals surface area contributed by atoms with Crippen LogP contribution in [0.15, 0.2) is 30.3 Å². The number of methoxy groups -OCH3 is 1. The van der Waals surface area contributed by atoms with Crippen molar-refractivity contribution in [2.75, 3.05) is 24.8 Å². The first-order valence-electron chi connectivity index (χ1n) is 6.43. The number of rotatable bonds is 6. The van der Waals surface area contributed by atoms with Crippen molar-refractivity contribution < 1.29 is 14.3 Å². The number of aromatic nitrogens is 1. The second-order valence-electron chi connectivity index (χ2n) is 4.33. The first-order chi connectivity index (χ1) is 10.6. The highest BCUT2D eigenvalue weighted by Crippen LogP contribution is 2.29. The van der Waals surface area contributed by atoms with Crippen LogP contribution in [-0.2, 0) is 9.53 Å². The van der Waals surface area contributed by atoms with Crippen LogP contribution in [0.4, 0.5) is 10.1 Å². The van der Waals surface area contributed by atoms with Crippen molar-refractivity contribution in [2.24, 2.45) is 5.73 Å². The van der Waals surface area contributed by atoms with Crippen LogP contribution in [-0.4, -0.2) is 31.0 Å². The number of nitrogens with one attached hydrogen (secondary N) is 2. The number of benzene rings is 1. The summed E-state index contributed by atoms with van der Waals surface area (Å²) in [7, 11) is 3.11. The summed E-state index contributed by atoms with van der Waals surface area (Å²) in [5, 5.41) is 6.23. The molecule has 1 atom stereocenters. The van der Waals surface area contributed by atoms with Crippen molar-refractivity contribution in [2.45, 2.75) is 6.10 Å². The van der Waals surface area contributed by atoms with Crippen LogP contribution in [0, 0.1) is 0 Å². The van der Waals surface area contributed by atoms with Gasteiger partial charge in [-0.3, -0.25) is 9.59 Å². The fourth-order valence-corrected chi connectivity index (χ4v) is 2.71. The van der Waals surface area contributed by atoms with Gasteiger partial charge in [0.2, 0.25) is 0 Å². The van der Waals surface area contributed by atoms with Crippen LogP contribution in [0.2, 0.25) is 0 Å². The van der Waals surface area contributed by atoms with E-state index in [1.807, 2.05) is 18.2 Å². The van der Waals surface area contributed by atoms with Crippen LogP contribution in [0.25, 0.3) is 0 Å². The van der Waals surface area contributed by atoms with Gasteiger partial charge in [0.05, 0.1) is 0 Å². The average Bonchev–Trinajstić information content (AvgIpc) is 2.92. The molecule has 2 amide bonds. The largest absolute Gasteiger partial charge is 0.367 e. The molecular formula is C14H16N4O3S. The molecule has 4 N–H and O–H groups in total. The lowest BCUT2D eigenvalue weighted by atomic mass is 10.1. The van der Waals surface area contributed by atoms with Crippen LogP contribution in [0.1, 0.15) is 22.2 Å². The Hall–Kier alpha value is -2.45. The Morgan fingerprint density at radius 3 is 2.55 bits per heavy atom. The molecule has 1 heterocycles. The number of amides is 2. The second kappa shape index (κ2) is 7.01. The minimum atomic E-state index is -0.790. The topological polar surface area (TPSA) is 106 Å². The number of nitrogens with zero attached hydrogens (tertiary/aromatic N) is 1. The maximum absolute atomic E-state index is 12.4. The van der Waals surface area contributed by atoms with Crippen molar-refractivity contribution in [3.63, 3.8) is 0 Å². The maximum Gasteiger partial charge on any atom is 0.270 e. The maximum atomic E-state index is 12.4. The Balaban J connectivity index is 2.24. The van der Waals surface area contributed by atoms with Gasteiger partial charge in [-0.2, -0.15) is 0 Å². The Kier molecular flexibility index (Phi) is 5.08. The Morgan fingerprint density at radius 2 is 2.00 bits per heavy atom. The number of carbonyl (C=O) groups is 2.